The van der Waals surface area contributed by atoms with Crippen LogP contribution in [-0.4, -0.2) is 41.0 Å². The number of aromatic nitrogens is 4. The molecule has 132 valence electrons. The molecule has 3 heterocycles. The lowest BCUT2D eigenvalue weighted by Gasteiger charge is -2.30. The van der Waals surface area contributed by atoms with Crippen molar-refractivity contribution < 1.29 is 13.2 Å². The molecule has 1 N–H and O–H groups in total. The summed E-state index contributed by atoms with van der Waals surface area (Å²) < 4.78 is 37.4. The minimum Gasteiger partial charge on any atom is -0.381 e. The molecular formula is C15H23N5O3S. The second kappa shape index (κ2) is 7.04. The van der Waals surface area contributed by atoms with E-state index in [1.54, 1.807) is 6.20 Å². The second-order valence-corrected chi connectivity index (χ2v) is 7.59. The molecular weight excluding hydrogens is 330 g/mol. The third-order valence-corrected chi connectivity index (χ3v) is 5.87. The maximum Gasteiger partial charge on any atom is 0.258 e. The summed E-state index contributed by atoms with van der Waals surface area (Å²) in [6.07, 6.45) is 6.61. The van der Waals surface area contributed by atoms with E-state index in [-0.39, 0.29) is 17.0 Å². The Morgan fingerprint density at radius 2 is 2.12 bits per heavy atom. The zero-order valence-electron chi connectivity index (χ0n) is 13.9. The molecule has 3 rings (SSSR count). The summed E-state index contributed by atoms with van der Waals surface area (Å²) in [5.41, 5.74) is 0. The molecule has 0 amide bonds. The van der Waals surface area contributed by atoms with E-state index in [0.29, 0.717) is 25.6 Å². The van der Waals surface area contributed by atoms with Crippen LogP contribution in [0, 0.1) is 5.92 Å². The van der Waals surface area contributed by atoms with E-state index >= 15 is 0 Å². The lowest BCUT2D eigenvalue weighted by molar-refractivity contribution is 0.0551. The number of nitrogens with zero attached hydrogens (tertiary/aromatic N) is 4. The van der Waals surface area contributed by atoms with E-state index in [4.69, 9.17) is 4.74 Å². The fourth-order valence-corrected chi connectivity index (χ4v) is 4.55. The number of nitrogens with one attached hydrogen (secondary N) is 1. The number of rotatable bonds is 6. The Kier molecular flexibility index (Phi) is 5.02. The average molecular weight is 353 g/mol. The lowest BCUT2D eigenvalue weighted by atomic mass is 9.92. The van der Waals surface area contributed by atoms with Crippen molar-refractivity contribution in [3.63, 3.8) is 0 Å². The van der Waals surface area contributed by atoms with Crippen LogP contribution in [0.3, 0.4) is 0 Å². The largest absolute Gasteiger partial charge is 0.381 e. The molecule has 8 nitrogen and oxygen atoms in total. The van der Waals surface area contributed by atoms with Crippen LogP contribution < -0.4 is 4.72 Å². The molecule has 0 saturated carbocycles. The first kappa shape index (κ1) is 17.1. The number of hydrogen-bond donors (Lipinski definition) is 1. The van der Waals surface area contributed by atoms with Gasteiger partial charge < -0.3 is 9.30 Å². The second-order valence-electron chi connectivity index (χ2n) is 5.93. The van der Waals surface area contributed by atoms with Crippen molar-refractivity contribution in [2.75, 3.05) is 13.2 Å². The van der Waals surface area contributed by atoms with Crippen molar-refractivity contribution in [2.24, 2.45) is 13.0 Å². The molecule has 0 aliphatic carbocycles. The van der Waals surface area contributed by atoms with Gasteiger partial charge in [-0.3, -0.25) is 4.68 Å². The van der Waals surface area contributed by atoms with Crippen LogP contribution in [0.2, 0.25) is 0 Å². The van der Waals surface area contributed by atoms with Crippen LogP contribution in [0.25, 0.3) is 0 Å². The van der Waals surface area contributed by atoms with Gasteiger partial charge in [-0.2, -0.15) is 9.82 Å². The summed E-state index contributed by atoms with van der Waals surface area (Å²) in [6.45, 7) is 3.63. The first-order valence-electron chi connectivity index (χ1n) is 8.12. The monoisotopic (exact) mass is 353 g/mol. The minimum atomic E-state index is -3.69. The first-order chi connectivity index (χ1) is 11.5. The van der Waals surface area contributed by atoms with Crippen LogP contribution in [-0.2, 0) is 28.4 Å². The zero-order valence-corrected chi connectivity index (χ0v) is 14.7. The molecule has 1 aliphatic heterocycles. The van der Waals surface area contributed by atoms with Crippen molar-refractivity contribution >= 4 is 10.0 Å². The quantitative estimate of drug-likeness (QED) is 0.839. The minimum absolute atomic E-state index is 0.146. The Morgan fingerprint density at radius 1 is 1.38 bits per heavy atom. The predicted molar refractivity (Wildman–Crippen MR) is 87.7 cm³/mol. The van der Waals surface area contributed by atoms with Crippen molar-refractivity contribution in [3.8, 4) is 0 Å². The van der Waals surface area contributed by atoms with Crippen LogP contribution in [0.1, 0.15) is 31.6 Å². The summed E-state index contributed by atoms with van der Waals surface area (Å²) in [5.74, 6) is 0.862. The van der Waals surface area contributed by atoms with Gasteiger partial charge in [0.2, 0.25) is 0 Å². The van der Waals surface area contributed by atoms with Gasteiger partial charge >= 0.3 is 0 Å². The van der Waals surface area contributed by atoms with Gasteiger partial charge in [-0.15, -0.1) is 0 Å². The highest BCUT2D eigenvalue weighted by molar-refractivity contribution is 7.89. The van der Waals surface area contributed by atoms with Gasteiger partial charge in [-0.1, -0.05) is 0 Å². The SMILES string of the molecule is CCn1nccc1S(=O)(=O)N[C@@H](c1nccn1C)C1CCOCC1. The molecule has 2 aromatic heterocycles. The number of imidazole rings is 1. The van der Waals surface area contributed by atoms with Crippen LogP contribution in [0.4, 0.5) is 0 Å². The molecule has 0 spiro atoms. The van der Waals surface area contributed by atoms with Crippen molar-refractivity contribution in [3.05, 3.63) is 30.5 Å². The van der Waals surface area contributed by atoms with Crippen LogP contribution in [0.5, 0.6) is 0 Å². The number of aryl methyl sites for hydroxylation is 2. The number of hydrogen-bond acceptors (Lipinski definition) is 5. The zero-order chi connectivity index (χ0) is 17.2. The lowest BCUT2D eigenvalue weighted by Crippen LogP contribution is -2.38. The fourth-order valence-electron chi connectivity index (χ4n) is 3.10. The summed E-state index contributed by atoms with van der Waals surface area (Å²) in [5, 5.41) is 4.23. The Bertz CT molecular complexity index is 777. The van der Waals surface area contributed by atoms with E-state index in [1.807, 2.05) is 24.7 Å². The van der Waals surface area contributed by atoms with Crippen LogP contribution in [0.15, 0.2) is 29.7 Å². The summed E-state index contributed by atoms with van der Waals surface area (Å²) in [7, 11) is -1.82. The first-order valence-corrected chi connectivity index (χ1v) is 9.60. The summed E-state index contributed by atoms with van der Waals surface area (Å²) in [4.78, 5) is 4.37. The van der Waals surface area contributed by atoms with Gasteiger partial charge in [0, 0.05) is 39.2 Å². The topological polar surface area (TPSA) is 91.0 Å². The molecule has 1 fully saturated rings. The highest BCUT2D eigenvalue weighted by Gasteiger charge is 2.33. The Hall–Kier alpha value is -1.71. The van der Waals surface area contributed by atoms with Gasteiger partial charge in [0.15, 0.2) is 5.03 Å². The van der Waals surface area contributed by atoms with Crippen molar-refractivity contribution in [1.82, 2.24) is 24.1 Å². The normalized spacial score (nSPS) is 17.9. The average Bonchev–Trinajstić information content (AvgIpc) is 3.22. The van der Waals surface area contributed by atoms with E-state index in [9.17, 15) is 8.42 Å². The number of ether oxygens (including phenoxy) is 1. The Morgan fingerprint density at radius 3 is 2.75 bits per heavy atom. The molecule has 2 aromatic rings. The molecule has 0 bridgehead atoms. The summed E-state index contributed by atoms with van der Waals surface area (Å²) >= 11 is 0. The molecule has 0 unspecified atom stereocenters. The van der Waals surface area contributed by atoms with Gasteiger partial charge in [-0.05, 0) is 31.7 Å². The molecule has 1 atom stereocenters. The van der Waals surface area contributed by atoms with Crippen molar-refractivity contribution in [1.29, 1.82) is 0 Å². The third-order valence-electron chi connectivity index (χ3n) is 4.41. The highest BCUT2D eigenvalue weighted by Crippen LogP contribution is 2.30. The van der Waals surface area contributed by atoms with E-state index < -0.39 is 10.0 Å². The molecule has 0 radical (unpaired) electrons. The number of sulfonamides is 1. The van der Waals surface area contributed by atoms with Gasteiger partial charge in [0.1, 0.15) is 5.82 Å². The standard InChI is InChI=1S/C15H23N5O3S/c1-3-20-13(4-7-17-20)24(21,22)18-14(12-5-10-23-11-6-12)15-16-8-9-19(15)2/h4,7-9,12,14,18H,3,5-6,10-11H2,1-2H3/t14-/m1/s1. The highest BCUT2D eigenvalue weighted by atomic mass is 32.2. The molecule has 0 aromatic carbocycles. The fraction of sp³-hybridized carbons (Fsp3) is 0.600. The Balaban J connectivity index is 1.93. The van der Waals surface area contributed by atoms with Gasteiger partial charge in [0.05, 0.1) is 12.2 Å². The predicted octanol–water partition coefficient (Wildman–Crippen LogP) is 1.08. The maximum atomic E-state index is 12.9. The van der Waals surface area contributed by atoms with E-state index in [1.165, 1.54) is 16.9 Å². The van der Waals surface area contributed by atoms with Gasteiger partial charge in [0.25, 0.3) is 10.0 Å². The van der Waals surface area contributed by atoms with E-state index in [2.05, 4.69) is 14.8 Å². The smallest absolute Gasteiger partial charge is 0.258 e. The summed E-state index contributed by atoms with van der Waals surface area (Å²) in [6, 6.07) is 1.13. The van der Waals surface area contributed by atoms with Gasteiger partial charge in [-0.25, -0.2) is 13.4 Å². The van der Waals surface area contributed by atoms with Crippen LogP contribution >= 0.6 is 0 Å². The molecule has 24 heavy (non-hydrogen) atoms. The molecule has 1 aliphatic rings. The van der Waals surface area contributed by atoms with E-state index in [0.717, 1.165) is 12.8 Å². The molecule has 1 saturated heterocycles. The van der Waals surface area contributed by atoms with Crippen molar-refractivity contribution in [2.45, 2.75) is 37.4 Å². The Labute approximate surface area is 141 Å². The third kappa shape index (κ3) is 3.38. The molecule has 9 heteroatoms. The maximum absolute atomic E-state index is 12.9.